The number of rotatable bonds is 3. The standard InChI is InChI=1S/C19H19BrN2O2/c20-16-8-6-14(7-9-16)18(23)21-17-10-12-22(13-11-17)19(24)15-4-2-1-3-5-15/h1-9,17H,10-13H2,(H,21,23). The maximum atomic E-state index is 12.4. The summed E-state index contributed by atoms with van der Waals surface area (Å²) in [5.41, 5.74) is 1.37. The minimum Gasteiger partial charge on any atom is -0.349 e. The van der Waals surface area contributed by atoms with Crippen LogP contribution in [-0.4, -0.2) is 35.8 Å². The van der Waals surface area contributed by atoms with E-state index in [0.717, 1.165) is 22.9 Å². The Morgan fingerprint density at radius 3 is 2.17 bits per heavy atom. The number of nitrogens with zero attached hydrogens (tertiary/aromatic N) is 1. The maximum absolute atomic E-state index is 12.4. The number of nitrogens with one attached hydrogen (secondary N) is 1. The molecule has 1 N–H and O–H groups in total. The Morgan fingerprint density at radius 1 is 0.917 bits per heavy atom. The molecule has 0 saturated carbocycles. The van der Waals surface area contributed by atoms with Gasteiger partial charge in [0.15, 0.2) is 0 Å². The van der Waals surface area contributed by atoms with Crippen LogP contribution in [0.15, 0.2) is 59.1 Å². The average molecular weight is 387 g/mol. The summed E-state index contributed by atoms with van der Waals surface area (Å²) in [6.07, 6.45) is 1.56. The highest BCUT2D eigenvalue weighted by atomic mass is 79.9. The van der Waals surface area contributed by atoms with Crippen LogP contribution in [0.4, 0.5) is 0 Å². The van der Waals surface area contributed by atoms with Gasteiger partial charge in [-0.1, -0.05) is 34.1 Å². The molecule has 0 atom stereocenters. The zero-order chi connectivity index (χ0) is 16.9. The van der Waals surface area contributed by atoms with Gasteiger partial charge < -0.3 is 10.2 Å². The van der Waals surface area contributed by atoms with Crippen molar-refractivity contribution in [2.45, 2.75) is 18.9 Å². The Morgan fingerprint density at radius 2 is 1.54 bits per heavy atom. The number of piperidine rings is 1. The SMILES string of the molecule is O=C(NC1CCN(C(=O)c2ccccc2)CC1)c1ccc(Br)cc1. The van der Waals surface area contributed by atoms with Crippen molar-refractivity contribution in [1.82, 2.24) is 10.2 Å². The lowest BCUT2D eigenvalue weighted by molar-refractivity contribution is 0.0698. The molecule has 1 aliphatic heterocycles. The van der Waals surface area contributed by atoms with Gasteiger partial charge in [0.05, 0.1) is 0 Å². The highest BCUT2D eigenvalue weighted by Gasteiger charge is 2.24. The fourth-order valence-electron chi connectivity index (χ4n) is 2.86. The first-order valence-corrected chi connectivity index (χ1v) is 8.83. The van der Waals surface area contributed by atoms with Crippen molar-refractivity contribution in [2.75, 3.05) is 13.1 Å². The molecule has 0 spiro atoms. The predicted octanol–water partition coefficient (Wildman–Crippen LogP) is 3.48. The lowest BCUT2D eigenvalue weighted by Gasteiger charge is -2.32. The number of hydrogen-bond acceptors (Lipinski definition) is 2. The van der Waals surface area contributed by atoms with Crippen molar-refractivity contribution < 1.29 is 9.59 Å². The van der Waals surface area contributed by atoms with E-state index in [2.05, 4.69) is 21.2 Å². The summed E-state index contributed by atoms with van der Waals surface area (Å²) in [6.45, 7) is 1.33. The molecule has 0 aliphatic carbocycles. The first-order chi connectivity index (χ1) is 11.6. The third-order valence-corrected chi connectivity index (χ3v) is 4.77. The molecule has 2 amide bonds. The summed E-state index contributed by atoms with van der Waals surface area (Å²) >= 11 is 3.36. The fourth-order valence-corrected chi connectivity index (χ4v) is 3.12. The van der Waals surface area contributed by atoms with E-state index in [9.17, 15) is 9.59 Å². The van der Waals surface area contributed by atoms with Gasteiger partial charge in [0.1, 0.15) is 0 Å². The maximum Gasteiger partial charge on any atom is 0.253 e. The van der Waals surface area contributed by atoms with Crippen LogP contribution < -0.4 is 5.32 Å². The molecule has 124 valence electrons. The second kappa shape index (κ2) is 7.62. The lowest BCUT2D eigenvalue weighted by atomic mass is 10.0. The van der Waals surface area contributed by atoms with Gasteiger partial charge in [0.2, 0.25) is 0 Å². The highest BCUT2D eigenvalue weighted by Crippen LogP contribution is 2.15. The van der Waals surface area contributed by atoms with E-state index >= 15 is 0 Å². The zero-order valence-corrected chi connectivity index (χ0v) is 14.8. The molecule has 0 aromatic heterocycles. The smallest absolute Gasteiger partial charge is 0.253 e. The van der Waals surface area contributed by atoms with Crippen LogP contribution in [0.2, 0.25) is 0 Å². The van der Waals surface area contributed by atoms with Crippen molar-refractivity contribution in [1.29, 1.82) is 0 Å². The van der Waals surface area contributed by atoms with E-state index in [1.807, 2.05) is 47.4 Å². The average Bonchev–Trinajstić information content (AvgIpc) is 2.63. The zero-order valence-electron chi connectivity index (χ0n) is 13.2. The molecule has 5 heteroatoms. The molecule has 0 unspecified atom stereocenters. The summed E-state index contributed by atoms with van der Waals surface area (Å²) in [7, 11) is 0. The van der Waals surface area contributed by atoms with Gasteiger partial charge in [-0.3, -0.25) is 9.59 Å². The molecule has 24 heavy (non-hydrogen) atoms. The van der Waals surface area contributed by atoms with Gasteiger partial charge >= 0.3 is 0 Å². The predicted molar refractivity (Wildman–Crippen MR) is 97.0 cm³/mol. The molecule has 1 aliphatic rings. The number of likely N-dealkylation sites (tertiary alicyclic amines) is 1. The van der Waals surface area contributed by atoms with Crippen LogP contribution in [-0.2, 0) is 0 Å². The third-order valence-electron chi connectivity index (χ3n) is 4.24. The number of amides is 2. The summed E-state index contributed by atoms with van der Waals surface area (Å²) in [4.78, 5) is 26.5. The first kappa shape index (κ1) is 16.7. The monoisotopic (exact) mass is 386 g/mol. The van der Waals surface area contributed by atoms with Crippen LogP contribution in [0, 0.1) is 0 Å². The van der Waals surface area contributed by atoms with Gasteiger partial charge in [-0.15, -0.1) is 0 Å². The molecular formula is C19H19BrN2O2. The summed E-state index contributed by atoms with van der Waals surface area (Å²) in [5, 5.41) is 3.06. The van der Waals surface area contributed by atoms with E-state index in [0.29, 0.717) is 18.7 Å². The molecule has 3 rings (SSSR count). The normalized spacial score (nSPS) is 15.1. The first-order valence-electron chi connectivity index (χ1n) is 8.04. The van der Waals surface area contributed by atoms with E-state index in [1.165, 1.54) is 0 Å². The third kappa shape index (κ3) is 4.03. The topological polar surface area (TPSA) is 49.4 Å². The Bertz CT molecular complexity index is 708. The molecular weight excluding hydrogens is 368 g/mol. The second-order valence-corrected chi connectivity index (χ2v) is 6.83. The van der Waals surface area contributed by atoms with Crippen LogP contribution in [0.25, 0.3) is 0 Å². The molecule has 4 nitrogen and oxygen atoms in total. The van der Waals surface area contributed by atoms with E-state index in [1.54, 1.807) is 12.1 Å². The number of hydrogen-bond donors (Lipinski definition) is 1. The van der Waals surface area contributed by atoms with Crippen molar-refractivity contribution in [3.63, 3.8) is 0 Å². The van der Waals surface area contributed by atoms with Crippen LogP contribution in [0.3, 0.4) is 0 Å². The minimum atomic E-state index is -0.0599. The van der Waals surface area contributed by atoms with Crippen LogP contribution in [0.5, 0.6) is 0 Å². The van der Waals surface area contributed by atoms with Crippen LogP contribution in [0.1, 0.15) is 33.6 Å². The number of carbonyl (C=O) groups is 2. The molecule has 1 fully saturated rings. The molecule has 0 radical (unpaired) electrons. The molecule has 1 saturated heterocycles. The molecule has 2 aromatic carbocycles. The minimum absolute atomic E-state index is 0.0599. The van der Waals surface area contributed by atoms with Crippen molar-refractivity contribution in [3.8, 4) is 0 Å². The van der Waals surface area contributed by atoms with E-state index in [-0.39, 0.29) is 17.9 Å². The van der Waals surface area contributed by atoms with Crippen molar-refractivity contribution in [3.05, 3.63) is 70.2 Å². The number of halogens is 1. The quantitative estimate of drug-likeness (QED) is 0.877. The highest BCUT2D eigenvalue weighted by molar-refractivity contribution is 9.10. The summed E-state index contributed by atoms with van der Waals surface area (Å²) < 4.78 is 0.951. The van der Waals surface area contributed by atoms with Gasteiger partial charge in [0, 0.05) is 34.7 Å². The Balaban J connectivity index is 1.53. The van der Waals surface area contributed by atoms with Gasteiger partial charge in [-0.25, -0.2) is 0 Å². The second-order valence-electron chi connectivity index (χ2n) is 5.91. The fraction of sp³-hybridized carbons (Fsp3) is 0.263. The van der Waals surface area contributed by atoms with E-state index in [4.69, 9.17) is 0 Å². The molecule has 2 aromatic rings. The Labute approximate surface area is 150 Å². The van der Waals surface area contributed by atoms with Crippen molar-refractivity contribution >= 4 is 27.7 Å². The summed E-state index contributed by atoms with van der Waals surface area (Å²) in [6, 6.07) is 16.7. The number of benzene rings is 2. The van der Waals surface area contributed by atoms with Crippen molar-refractivity contribution in [2.24, 2.45) is 0 Å². The molecule has 1 heterocycles. The van der Waals surface area contributed by atoms with Crippen LogP contribution >= 0.6 is 15.9 Å². The Hall–Kier alpha value is -2.14. The Kier molecular flexibility index (Phi) is 5.30. The van der Waals surface area contributed by atoms with Gasteiger partial charge in [-0.05, 0) is 49.2 Å². The summed E-state index contributed by atoms with van der Waals surface area (Å²) in [5.74, 6) is 0.00335. The number of carbonyl (C=O) groups excluding carboxylic acids is 2. The van der Waals surface area contributed by atoms with E-state index < -0.39 is 0 Å². The molecule has 0 bridgehead atoms. The van der Waals surface area contributed by atoms with Gasteiger partial charge in [-0.2, -0.15) is 0 Å². The largest absolute Gasteiger partial charge is 0.349 e. The lowest BCUT2D eigenvalue weighted by Crippen LogP contribution is -2.46. The van der Waals surface area contributed by atoms with Gasteiger partial charge in [0.25, 0.3) is 11.8 Å².